The maximum absolute atomic E-state index is 13.9. The molecule has 0 aliphatic rings. The van der Waals surface area contributed by atoms with Crippen molar-refractivity contribution in [2.24, 2.45) is 0 Å². The number of benzene rings is 6. The molecule has 4 atom stereocenters. The van der Waals surface area contributed by atoms with Crippen molar-refractivity contribution in [2.75, 3.05) is 156 Å². The van der Waals surface area contributed by atoms with E-state index in [9.17, 15) is 48.6 Å². The fourth-order valence-electron chi connectivity index (χ4n) is 11.9. The van der Waals surface area contributed by atoms with E-state index >= 15 is 0 Å². The highest BCUT2D eigenvalue weighted by molar-refractivity contribution is 5.98. The molecule has 0 saturated carbocycles. The zero-order valence-corrected chi connectivity index (χ0v) is 64.9. The van der Waals surface area contributed by atoms with Gasteiger partial charge in [-0.1, -0.05) is 140 Å². The van der Waals surface area contributed by atoms with Crippen LogP contribution in [0.1, 0.15) is 80.1 Å². The van der Waals surface area contributed by atoms with Gasteiger partial charge in [0.15, 0.2) is 0 Å². The summed E-state index contributed by atoms with van der Waals surface area (Å²) in [6, 6.07) is 48.1. The number of amides is 6. The predicted molar refractivity (Wildman–Crippen MR) is 432 cm³/mol. The van der Waals surface area contributed by atoms with Gasteiger partial charge in [0.25, 0.3) is 0 Å². The summed E-state index contributed by atoms with van der Waals surface area (Å²) in [5.74, 6) is -2.87. The first kappa shape index (κ1) is 89.3. The summed E-state index contributed by atoms with van der Waals surface area (Å²) in [6.45, 7) is 5.93. The van der Waals surface area contributed by atoms with Gasteiger partial charge in [-0.3, -0.25) is 28.8 Å². The Morgan fingerprint density at radius 1 is 0.374 bits per heavy atom. The molecule has 0 aliphatic carbocycles. The number of unbranched alkanes of at least 4 members (excludes halogenated alkanes) is 1. The fraction of sp³-hybridized carbons (Fsp3) is 0.412. The smallest absolute Gasteiger partial charge is 0.407 e. The minimum atomic E-state index is -1.15. The van der Waals surface area contributed by atoms with Crippen LogP contribution < -0.4 is 42.5 Å². The molecular weight excluding hydrogens is 1480 g/mol. The van der Waals surface area contributed by atoms with Crippen molar-refractivity contribution in [2.45, 2.75) is 82.5 Å². The normalized spacial score (nSPS) is 12.2. The third-order valence-corrected chi connectivity index (χ3v) is 17.7. The zero-order chi connectivity index (χ0) is 81.3. The minimum Gasteiger partial charge on any atom is -0.481 e. The van der Waals surface area contributed by atoms with Crippen LogP contribution in [0.3, 0.4) is 0 Å². The van der Waals surface area contributed by atoms with Gasteiger partial charge >= 0.3 is 24.1 Å². The number of ether oxygens (including phenoxy) is 10. The van der Waals surface area contributed by atoms with E-state index in [1.54, 1.807) is 42.7 Å². The molecule has 2 unspecified atom stereocenters. The molecule has 2 aromatic heterocycles. The van der Waals surface area contributed by atoms with Crippen LogP contribution in [0.15, 0.2) is 176 Å². The molecule has 2 heterocycles. The number of fused-ring (bicyclic) bond motifs is 2. The molecule has 115 heavy (non-hydrogen) atoms. The zero-order valence-electron chi connectivity index (χ0n) is 64.9. The second kappa shape index (κ2) is 52.2. The number of nitrogens with zero attached hydrogens (tertiary/aromatic N) is 2. The summed E-state index contributed by atoms with van der Waals surface area (Å²) < 4.78 is 55.4. The molecule has 616 valence electrons. The second-order valence-corrected chi connectivity index (χ2v) is 26.5. The lowest BCUT2D eigenvalue weighted by molar-refractivity contribution is -0.139. The average Bonchev–Trinajstić information content (AvgIpc) is 0.807. The summed E-state index contributed by atoms with van der Waals surface area (Å²) in [7, 11) is 0. The summed E-state index contributed by atoms with van der Waals surface area (Å²) in [6.07, 6.45) is 3.58. The fourth-order valence-corrected chi connectivity index (χ4v) is 11.9. The van der Waals surface area contributed by atoms with Crippen molar-refractivity contribution in [3.63, 3.8) is 0 Å². The summed E-state index contributed by atoms with van der Waals surface area (Å²) in [4.78, 5) is 111. The number of carboxylic acid groups (broad SMARTS) is 2. The van der Waals surface area contributed by atoms with Crippen LogP contribution in [-0.4, -0.2) is 225 Å². The van der Waals surface area contributed by atoms with Gasteiger partial charge < -0.3 is 100 Å². The van der Waals surface area contributed by atoms with Gasteiger partial charge in [0, 0.05) is 51.4 Å². The predicted octanol–water partition coefficient (Wildman–Crippen LogP) is 9.51. The van der Waals surface area contributed by atoms with E-state index < -0.39 is 72.9 Å². The third-order valence-electron chi connectivity index (χ3n) is 17.7. The van der Waals surface area contributed by atoms with Crippen molar-refractivity contribution >= 4 is 80.9 Å². The van der Waals surface area contributed by atoms with Gasteiger partial charge in [-0.25, -0.2) is 19.6 Å². The van der Waals surface area contributed by atoms with E-state index in [2.05, 4.69) is 52.5 Å². The minimum absolute atomic E-state index is 0.0217. The number of carbonyl (C=O) groups is 8. The maximum Gasteiger partial charge on any atom is 0.407 e. The molecule has 0 saturated heterocycles. The number of hydrogen-bond donors (Lipinski definition) is 10. The number of nitrogens with one attached hydrogen (secondary N) is 8. The largest absolute Gasteiger partial charge is 0.481 e. The molecule has 6 amide bonds. The van der Waals surface area contributed by atoms with Crippen molar-refractivity contribution in [3.05, 3.63) is 193 Å². The van der Waals surface area contributed by atoms with E-state index in [4.69, 9.17) is 47.4 Å². The summed E-state index contributed by atoms with van der Waals surface area (Å²) in [5.41, 5.74) is 6.08. The molecule has 0 radical (unpaired) electrons. The first-order valence-electron chi connectivity index (χ1n) is 38.7. The van der Waals surface area contributed by atoms with E-state index in [1.807, 2.05) is 140 Å². The number of alkyl carbamates (subject to hydrolysis) is 2. The first-order chi connectivity index (χ1) is 56.1. The highest BCUT2D eigenvalue weighted by Gasteiger charge is 2.28. The number of aromatic nitrogens is 2. The molecule has 8 aromatic rings. The Morgan fingerprint density at radius 3 is 1.17 bits per heavy atom. The van der Waals surface area contributed by atoms with Crippen LogP contribution in [0, 0.1) is 6.92 Å². The molecule has 0 bridgehead atoms. The molecule has 30 heteroatoms. The standard InChI is InChI=1S/C85H106N10O20/c1-61-33-39-89-77(56-61)88-38-13-24-79(97)93-75(83(103)95-73(58-81(100)101)67-31-27-65(28-32-67)71-21-11-17-63-15-3-5-19-69(63)71)60-113-51-49-109-43-41-107-45-47-111-53-55-115-85(105)91-36-9-8-35-90-84(104)114-54-52-110-46-44-106-40-42-108-48-50-112-59-74(92-78(96)23-12-37-87-76-22-6-7-34-86-76)82(102)94-72(57-80(98)99)66-29-25-64(26-30-66)70-20-10-16-62-14-2-4-18-68(62)70/h2-7,10-11,14-22,25-34,39,56,72-75H,8-9,12-13,23-24,35-38,40-55,57-60H2,1H3,(H,86,87)(H,88,89)(H,90,104)(H,91,105)(H,92,96)(H,93,97)(H,94,102)(H,95,103)(H,98,99)(H,100,101)/t72?,73?,74-,75-/m0/s1. The quantitative estimate of drug-likeness (QED) is 0.0159. The lowest BCUT2D eigenvalue weighted by atomic mass is 9.95. The topological polar surface area (TPSA) is 391 Å². The number of carbonyl (C=O) groups excluding carboxylic acids is 6. The molecular formula is C85H106N10O20. The number of carboxylic acids is 2. The SMILES string of the molecule is Cc1ccnc(NCCCC(=O)N[C@@H](COCCOCCOCCOCCOC(=O)NCCCCNC(=O)OCCOCCOCCOCCOC[C@H](NC(=O)CCCNc2ccccn2)C(=O)NC(CC(=O)O)c2ccc(-c3cccc4ccccc34)cc2)C(=O)NC(CC(=O)O)c2ccc(-c3cccc4ccccc34)cc2)c1. The average molecular weight is 1590 g/mol. The Kier molecular flexibility index (Phi) is 40.6. The van der Waals surface area contributed by atoms with Crippen molar-refractivity contribution in [3.8, 4) is 22.3 Å². The molecule has 10 N–H and O–H groups in total. The second-order valence-electron chi connectivity index (χ2n) is 26.5. The van der Waals surface area contributed by atoms with E-state index in [-0.39, 0.29) is 144 Å². The highest BCUT2D eigenvalue weighted by atomic mass is 16.6. The van der Waals surface area contributed by atoms with Crippen molar-refractivity contribution in [1.29, 1.82) is 0 Å². The van der Waals surface area contributed by atoms with Gasteiger partial charge in [0.2, 0.25) is 23.6 Å². The highest BCUT2D eigenvalue weighted by Crippen LogP contribution is 2.32. The molecule has 0 spiro atoms. The number of hydrogen-bond acceptors (Lipinski definition) is 22. The van der Waals surface area contributed by atoms with Crippen LogP contribution >= 0.6 is 0 Å². The van der Waals surface area contributed by atoms with Crippen LogP contribution in [0.5, 0.6) is 0 Å². The molecule has 0 fully saturated rings. The maximum atomic E-state index is 13.9. The van der Waals surface area contributed by atoms with E-state index in [1.165, 1.54) is 0 Å². The van der Waals surface area contributed by atoms with Gasteiger partial charge in [-0.2, -0.15) is 0 Å². The number of rotatable bonds is 57. The van der Waals surface area contributed by atoms with Crippen LogP contribution in [-0.2, 0) is 76.1 Å². The number of aliphatic carboxylic acids is 2. The Morgan fingerprint density at radius 2 is 0.757 bits per heavy atom. The van der Waals surface area contributed by atoms with Crippen LogP contribution in [0.2, 0.25) is 0 Å². The van der Waals surface area contributed by atoms with Crippen molar-refractivity contribution < 1.29 is 95.9 Å². The van der Waals surface area contributed by atoms with Crippen LogP contribution in [0.4, 0.5) is 21.2 Å². The molecule has 30 nitrogen and oxygen atoms in total. The Hall–Kier alpha value is -11.2. The van der Waals surface area contributed by atoms with Crippen LogP contribution in [0.25, 0.3) is 43.8 Å². The number of pyridine rings is 2. The van der Waals surface area contributed by atoms with E-state index in [0.29, 0.717) is 74.6 Å². The van der Waals surface area contributed by atoms with Crippen molar-refractivity contribution in [1.82, 2.24) is 41.9 Å². The van der Waals surface area contributed by atoms with Gasteiger partial charge in [-0.05, 0) is 117 Å². The van der Waals surface area contributed by atoms with Gasteiger partial charge in [0.05, 0.1) is 131 Å². The Balaban J connectivity index is 0.599. The van der Waals surface area contributed by atoms with Gasteiger partial charge in [0.1, 0.15) is 36.9 Å². The monoisotopic (exact) mass is 1590 g/mol. The molecule has 0 aliphatic heterocycles. The molecule has 8 rings (SSSR count). The lowest BCUT2D eigenvalue weighted by Gasteiger charge is -2.23. The number of anilines is 2. The number of aryl methyl sites for hydroxylation is 1. The summed E-state index contributed by atoms with van der Waals surface area (Å²) in [5, 5.41) is 47.0. The lowest BCUT2D eigenvalue weighted by Crippen LogP contribution is -2.50. The third kappa shape index (κ3) is 34.6. The first-order valence-corrected chi connectivity index (χ1v) is 38.7. The van der Waals surface area contributed by atoms with E-state index in [0.717, 1.165) is 49.4 Å². The Bertz CT molecular complexity index is 4250. The Labute approximate surface area is 669 Å². The molecule has 6 aromatic carbocycles. The van der Waals surface area contributed by atoms with Gasteiger partial charge in [-0.15, -0.1) is 0 Å². The summed E-state index contributed by atoms with van der Waals surface area (Å²) >= 11 is 0.